The zero-order valence-corrected chi connectivity index (χ0v) is 20.4. The highest BCUT2D eigenvalue weighted by atomic mass is 35.5. The van der Waals surface area contributed by atoms with Crippen LogP contribution in [0, 0.1) is 0 Å². The Morgan fingerprint density at radius 2 is 1.07 bits per heavy atom. The van der Waals surface area contributed by atoms with Crippen molar-refractivity contribution in [3.8, 4) is 0 Å². The Hall–Kier alpha value is 0.750. The standard InChI is InChI=1S/C20H41NO5S2.ClH/c27-19-5-20(28)4-2-1-3-6-21-7-9-22-11-13-24-15-17-26-18-16-25-14-12-23-10-8-21;/h20,27-28H,1-19H2;1H. The number of unbranched alkanes of at least 4 members (excludes halogenated alkanes) is 2. The van der Waals surface area contributed by atoms with Crippen LogP contribution in [0.25, 0.3) is 0 Å². The minimum absolute atomic E-state index is 0. The zero-order valence-electron chi connectivity index (χ0n) is 17.8. The average Bonchev–Trinajstić information content (AvgIpc) is 2.69. The first-order valence-electron chi connectivity index (χ1n) is 10.7. The Morgan fingerprint density at radius 3 is 1.52 bits per heavy atom. The van der Waals surface area contributed by atoms with Crippen LogP contribution in [0.2, 0.25) is 0 Å². The summed E-state index contributed by atoms with van der Waals surface area (Å²) in [5.41, 5.74) is 0. The van der Waals surface area contributed by atoms with E-state index >= 15 is 0 Å². The van der Waals surface area contributed by atoms with E-state index in [1.807, 2.05) is 0 Å². The Bertz CT molecular complexity index is 317. The first-order chi connectivity index (χ1) is 13.8. The van der Waals surface area contributed by atoms with Gasteiger partial charge in [-0.1, -0.05) is 12.8 Å². The predicted molar refractivity (Wildman–Crippen MR) is 127 cm³/mol. The highest BCUT2D eigenvalue weighted by Gasteiger charge is 2.07. The molecular weight excluding hydrogens is 434 g/mol. The topological polar surface area (TPSA) is 49.4 Å². The number of hydrogen-bond donors (Lipinski definition) is 2. The van der Waals surface area contributed by atoms with E-state index in [0.29, 0.717) is 58.1 Å². The summed E-state index contributed by atoms with van der Waals surface area (Å²) >= 11 is 8.88. The van der Waals surface area contributed by atoms with Crippen LogP contribution in [0.5, 0.6) is 0 Å². The van der Waals surface area contributed by atoms with Crippen LogP contribution in [0.4, 0.5) is 0 Å². The quantitative estimate of drug-likeness (QED) is 0.415. The molecule has 0 spiro atoms. The lowest BCUT2D eigenvalue weighted by atomic mass is 10.1. The van der Waals surface area contributed by atoms with E-state index in [1.54, 1.807) is 0 Å². The highest BCUT2D eigenvalue weighted by molar-refractivity contribution is 7.81. The van der Waals surface area contributed by atoms with E-state index in [2.05, 4.69) is 30.2 Å². The molecule has 1 unspecified atom stereocenters. The Kier molecular flexibility index (Phi) is 24.0. The van der Waals surface area contributed by atoms with E-state index in [0.717, 1.165) is 45.0 Å². The second-order valence-electron chi connectivity index (χ2n) is 6.92. The first kappa shape index (κ1) is 29.8. The number of ether oxygens (including phenoxy) is 5. The number of hydrogen-bond acceptors (Lipinski definition) is 8. The summed E-state index contributed by atoms with van der Waals surface area (Å²) in [6, 6.07) is 0. The molecule has 9 heteroatoms. The molecule has 6 nitrogen and oxygen atoms in total. The van der Waals surface area contributed by atoms with Crippen LogP contribution >= 0.6 is 37.7 Å². The van der Waals surface area contributed by atoms with Crippen LogP contribution in [-0.4, -0.2) is 102 Å². The second kappa shape index (κ2) is 23.4. The van der Waals surface area contributed by atoms with Crippen LogP contribution < -0.4 is 0 Å². The van der Waals surface area contributed by atoms with Gasteiger partial charge in [0, 0.05) is 18.3 Å². The van der Waals surface area contributed by atoms with Crippen molar-refractivity contribution in [3.63, 3.8) is 0 Å². The van der Waals surface area contributed by atoms with Crippen molar-refractivity contribution >= 4 is 37.7 Å². The van der Waals surface area contributed by atoms with Crippen molar-refractivity contribution in [3.05, 3.63) is 0 Å². The molecule has 0 radical (unpaired) electrons. The molecule has 1 aliphatic rings. The summed E-state index contributed by atoms with van der Waals surface area (Å²) in [5, 5.41) is 0.492. The maximum atomic E-state index is 5.71. The van der Waals surface area contributed by atoms with Crippen molar-refractivity contribution < 1.29 is 23.7 Å². The summed E-state index contributed by atoms with van der Waals surface area (Å²) in [6.45, 7) is 9.25. The smallest absolute Gasteiger partial charge is 0.0701 e. The second-order valence-corrected chi connectivity index (χ2v) is 8.10. The molecule has 0 N–H and O–H groups in total. The van der Waals surface area contributed by atoms with E-state index in [9.17, 15) is 0 Å². The van der Waals surface area contributed by atoms with Gasteiger partial charge in [-0.2, -0.15) is 25.3 Å². The molecule has 0 bridgehead atoms. The SMILES string of the molecule is Cl.SCCC(S)CCCCCN1CCOCCOCCOCCOCCOCC1. The maximum Gasteiger partial charge on any atom is 0.0701 e. The number of halogens is 1. The molecule has 1 atom stereocenters. The highest BCUT2D eigenvalue weighted by Crippen LogP contribution is 2.13. The number of rotatable bonds is 8. The van der Waals surface area contributed by atoms with Crippen LogP contribution in [0.1, 0.15) is 32.1 Å². The van der Waals surface area contributed by atoms with E-state index in [1.165, 1.54) is 25.7 Å². The molecular formula is C20H42ClNO5S2. The summed E-state index contributed by atoms with van der Waals surface area (Å²) < 4.78 is 27.8. The maximum absolute atomic E-state index is 5.71. The molecule has 0 aliphatic carbocycles. The Balaban J connectivity index is 0.00000784. The van der Waals surface area contributed by atoms with Gasteiger partial charge in [-0.05, 0) is 31.6 Å². The largest absolute Gasteiger partial charge is 0.378 e. The molecule has 1 rings (SSSR count). The molecule has 0 aromatic rings. The van der Waals surface area contributed by atoms with Crippen LogP contribution in [0.3, 0.4) is 0 Å². The fourth-order valence-corrected chi connectivity index (χ4v) is 3.72. The fraction of sp³-hybridized carbons (Fsp3) is 1.00. The first-order valence-corrected chi connectivity index (χ1v) is 11.9. The molecule has 176 valence electrons. The van der Waals surface area contributed by atoms with Gasteiger partial charge in [0.15, 0.2) is 0 Å². The van der Waals surface area contributed by atoms with Gasteiger partial charge in [0.05, 0.1) is 66.1 Å². The van der Waals surface area contributed by atoms with Crippen molar-refractivity contribution in [2.45, 2.75) is 37.4 Å². The monoisotopic (exact) mass is 475 g/mol. The van der Waals surface area contributed by atoms with Gasteiger partial charge in [0.1, 0.15) is 0 Å². The molecule has 0 aromatic heterocycles. The molecule has 1 heterocycles. The number of nitrogens with zero attached hydrogens (tertiary/aromatic N) is 1. The van der Waals surface area contributed by atoms with Gasteiger partial charge in [-0.15, -0.1) is 12.4 Å². The van der Waals surface area contributed by atoms with E-state index in [-0.39, 0.29) is 12.4 Å². The van der Waals surface area contributed by atoms with Gasteiger partial charge in [-0.25, -0.2) is 0 Å². The summed E-state index contributed by atoms with van der Waals surface area (Å²) in [5.74, 6) is 0.922. The Labute approximate surface area is 194 Å². The minimum Gasteiger partial charge on any atom is -0.378 e. The fourth-order valence-electron chi connectivity index (χ4n) is 2.89. The lowest BCUT2D eigenvalue weighted by Gasteiger charge is -2.22. The molecule has 1 fully saturated rings. The summed E-state index contributed by atoms with van der Waals surface area (Å²) in [6.07, 6.45) is 5.95. The van der Waals surface area contributed by atoms with Crippen molar-refractivity contribution in [1.29, 1.82) is 0 Å². The van der Waals surface area contributed by atoms with Crippen molar-refractivity contribution in [2.75, 3.05) is 91.5 Å². The van der Waals surface area contributed by atoms with Gasteiger partial charge in [0.25, 0.3) is 0 Å². The number of thiol groups is 2. The zero-order chi connectivity index (χ0) is 20.1. The van der Waals surface area contributed by atoms with Gasteiger partial charge < -0.3 is 23.7 Å². The normalized spacial score (nSPS) is 20.9. The van der Waals surface area contributed by atoms with Crippen molar-refractivity contribution in [2.24, 2.45) is 0 Å². The lowest BCUT2D eigenvalue weighted by molar-refractivity contribution is -0.0186. The van der Waals surface area contributed by atoms with Crippen molar-refractivity contribution in [1.82, 2.24) is 4.90 Å². The third-order valence-electron chi connectivity index (χ3n) is 4.57. The minimum atomic E-state index is 0. The third-order valence-corrected chi connectivity index (χ3v) is 5.34. The summed E-state index contributed by atoms with van der Waals surface area (Å²) in [7, 11) is 0. The van der Waals surface area contributed by atoms with Gasteiger partial charge in [0.2, 0.25) is 0 Å². The van der Waals surface area contributed by atoms with E-state index in [4.69, 9.17) is 23.7 Å². The predicted octanol–water partition coefficient (Wildman–Crippen LogP) is 2.99. The van der Waals surface area contributed by atoms with Gasteiger partial charge in [-0.3, -0.25) is 4.90 Å². The third kappa shape index (κ3) is 20.4. The van der Waals surface area contributed by atoms with Gasteiger partial charge >= 0.3 is 0 Å². The average molecular weight is 476 g/mol. The Morgan fingerprint density at radius 1 is 0.621 bits per heavy atom. The molecule has 0 amide bonds. The molecule has 0 aromatic carbocycles. The lowest BCUT2D eigenvalue weighted by Crippen LogP contribution is -2.32. The molecule has 1 aliphatic heterocycles. The van der Waals surface area contributed by atoms with Crippen LogP contribution in [0.15, 0.2) is 0 Å². The van der Waals surface area contributed by atoms with Crippen LogP contribution in [-0.2, 0) is 23.7 Å². The molecule has 1 saturated heterocycles. The summed E-state index contributed by atoms with van der Waals surface area (Å²) in [4.78, 5) is 2.44. The van der Waals surface area contributed by atoms with E-state index < -0.39 is 0 Å². The molecule has 0 saturated carbocycles. The molecule has 29 heavy (non-hydrogen) atoms.